The second-order valence-electron chi connectivity index (χ2n) is 7.23. The summed E-state index contributed by atoms with van der Waals surface area (Å²) in [6.07, 6.45) is 7.82. The van der Waals surface area contributed by atoms with Gasteiger partial charge >= 0.3 is 0 Å². The maximum absolute atomic E-state index is 14.5. The molecule has 2 N–H and O–H groups in total. The van der Waals surface area contributed by atoms with E-state index < -0.39 is 11.6 Å². The lowest BCUT2D eigenvalue weighted by molar-refractivity contribution is 0.462. The molecule has 4 nitrogen and oxygen atoms in total. The third kappa shape index (κ3) is 4.61. The summed E-state index contributed by atoms with van der Waals surface area (Å²) < 4.78 is 27.9. The van der Waals surface area contributed by atoms with Crippen molar-refractivity contribution in [2.24, 2.45) is 0 Å². The van der Waals surface area contributed by atoms with E-state index in [2.05, 4.69) is 20.3 Å². The van der Waals surface area contributed by atoms with Crippen molar-refractivity contribution in [1.29, 1.82) is 0 Å². The molecule has 2 heterocycles. The van der Waals surface area contributed by atoms with Gasteiger partial charge in [0.1, 0.15) is 17.5 Å². The molecule has 152 valence electrons. The Morgan fingerprint density at radius 2 is 1.97 bits per heavy atom. The van der Waals surface area contributed by atoms with Crippen molar-refractivity contribution in [3.63, 3.8) is 0 Å². The van der Waals surface area contributed by atoms with Crippen molar-refractivity contribution >= 4 is 17.6 Å². The highest BCUT2D eigenvalue weighted by atomic mass is 32.2. The van der Waals surface area contributed by atoms with Gasteiger partial charge in [-0.2, -0.15) is 0 Å². The molecule has 7 heteroatoms. The van der Waals surface area contributed by atoms with Crippen LogP contribution in [0, 0.1) is 11.6 Å². The molecule has 0 spiro atoms. The van der Waals surface area contributed by atoms with Gasteiger partial charge in [0.2, 0.25) is 0 Å². The van der Waals surface area contributed by atoms with Gasteiger partial charge in [-0.15, -0.1) is 0 Å². The summed E-state index contributed by atoms with van der Waals surface area (Å²) in [6, 6.07) is 7.87. The Morgan fingerprint density at radius 3 is 2.72 bits per heavy atom. The number of halogens is 2. The predicted molar refractivity (Wildman–Crippen MR) is 114 cm³/mol. The third-order valence-corrected chi connectivity index (χ3v) is 5.91. The number of rotatable bonds is 6. The molecular formula is C22H24F2N4S. The predicted octanol–water partition coefficient (Wildman–Crippen LogP) is 6.27. The largest absolute Gasteiger partial charge is 0.367 e. The third-order valence-electron chi connectivity index (χ3n) is 5.15. The van der Waals surface area contributed by atoms with Gasteiger partial charge in [0.25, 0.3) is 0 Å². The van der Waals surface area contributed by atoms with Crippen LogP contribution in [0.25, 0.3) is 22.5 Å². The molecular weight excluding hydrogens is 390 g/mol. The van der Waals surface area contributed by atoms with E-state index in [4.69, 9.17) is 0 Å². The summed E-state index contributed by atoms with van der Waals surface area (Å²) in [5, 5.41) is 4.23. The minimum atomic E-state index is -0.613. The number of anilines is 1. The standard InChI is InChI=1S/C22H24F2N4S/c1-2-29-22-27-20(21(28-22)17-9-8-15(23)13-18(17)24)14-10-11-25-19(12-14)26-16-6-4-3-5-7-16/h8-13,16H,2-7H2,1H3,(H,25,26)(H,27,28). The molecule has 0 unspecified atom stereocenters. The number of nitrogens with one attached hydrogen (secondary N) is 2. The van der Waals surface area contributed by atoms with Crippen LogP contribution >= 0.6 is 11.8 Å². The van der Waals surface area contributed by atoms with E-state index >= 15 is 0 Å². The van der Waals surface area contributed by atoms with Crippen molar-refractivity contribution < 1.29 is 8.78 Å². The van der Waals surface area contributed by atoms with Gasteiger partial charge in [0.05, 0.1) is 11.4 Å². The lowest BCUT2D eigenvalue weighted by atomic mass is 9.95. The topological polar surface area (TPSA) is 53.6 Å². The number of nitrogens with zero attached hydrogens (tertiary/aromatic N) is 2. The molecule has 0 radical (unpaired) electrons. The van der Waals surface area contributed by atoms with Gasteiger partial charge < -0.3 is 10.3 Å². The Bertz CT molecular complexity index is 983. The first-order valence-electron chi connectivity index (χ1n) is 10.0. The van der Waals surface area contributed by atoms with Gasteiger partial charge in [0.15, 0.2) is 5.16 Å². The Labute approximate surface area is 173 Å². The molecule has 0 amide bonds. The Hall–Kier alpha value is -2.41. The number of pyridine rings is 1. The molecule has 0 atom stereocenters. The van der Waals surface area contributed by atoms with E-state index in [-0.39, 0.29) is 0 Å². The number of thioether (sulfide) groups is 1. The van der Waals surface area contributed by atoms with Crippen LogP contribution in [0.2, 0.25) is 0 Å². The molecule has 29 heavy (non-hydrogen) atoms. The summed E-state index contributed by atoms with van der Waals surface area (Å²) in [5.74, 6) is 0.423. The molecule has 3 aromatic rings. The fourth-order valence-electron chi connectivity index (χ4n) is 3.77. The quantitative estimate of drug-likeness (QED) is 0.467. The van der Waals surface area contributed by atoms with Gasteiger partial charge in [-0.3, -0.25) is 0 Å². The summed E-state index contributed by atoms with van der Waals surface area (Å²) in [5.41, 5.74) is 2.33. The minimum Gasteiger partial charge on any atom is -0.367 e. The Morgan fingerprint density at radius 1 is 1.14 bits per heavy atom. The van der Waals surface area contributed by atoms with Crippen molar-refractivity contribution in [2.45, 2.75) is 50.2 Å². The second kappa shape index (κ2) is 8.95. The summed E-state index contributed by atoms with van der Waals surface area (Å²) in [6.45, 7) is 2.03. The highest BCUT2D eigenvalue weighted by Crippen LogP contribution is 2.35. The van der Waals surface area contributed by atoms with Crippen LogP contribution in [-0.4, -0.2) is 26.7 Å². The number of hydrogen-bond acceptors (Lipinski definition) is 4. The summed E-state index contributed by atoms with van der Waals surface area (Å²) >= 11 is 1.55. The lowest BCUT2D eigenvalue weighted by Crippen LogP contribution is -2.22. The molecule has 1 fully saturated rings. The number of aromatic nitrogens is 3. The van der Waals surface area contributed by atoms with Crippen LogP contribution in [0.1, 0.15) is 39.0 Å². The highest BCUT2D eigenvalue weighted by Gasteiger charge is 2.19. The summed E-state index contributed by atoms with van der Waals surface area (Å²) in [4.78, 5) is 12.4. The molecule has 0 saturated heterocycles. The average molecular weight is 415 g/mol. The molecule has 2 aromatic heterocycles. The van der Waals surface area contributed by atoms with Gasteiger partial charge in [0, 0.05) is 29.4 Å². The van der Waals surface area contributed by atoms with Gasteiger partial charge in [-0.1, -0.05) is 37.9 Å². The van der Waals surface area contributed by atoms with E-state index in [1.165, 1.54) is 31.4 Å². The van der Waals surface area contributed by atoms with Crippen molar-refractivity contribution in [3.8, 4) is 22.5 Å². The van der Waals surface area contributed by atoms with Crippen molar-refractivity contribution in [2.75, 3.05) is 11.1 Å². The van der Waals surface area contributed by atoms with E-state index in [0.29, 0.717) is 28.1 Å². The Kier molecular flexibility index (Phi) is 6.13. The average Bonchev–Trinajstić information content (AvgIpc) is 3.13. The smallest absolute Gasteiger partial charge is 0.166 e. The first kappa shape index (κ1) is 19.9. The summed E-state index contributed by atoms with van der Waals surface area (Å²) in [7, 11) is 0. The SMILES string of the molecule is CCSc1nc(-c2ccnc(NC3CCCCC3)c2)c(-c2ccc(F)cc2F)[nH]1. The van der Waals surface area contributed by atoms with E-state index in [0.717, 1.165) is 36.0 Å². The first-order valence-corrected chi connectivity index (χ1v) is 11.0. The van der Waals surface area contributed by atoms with Crippen LogP contribution in [0.15, 0.2) is 41.7 Å². The number of H-pyrrole nitrogens is 1. The Balaban J connectivity index is 1.71. The van der Waals surface area contributed by atoms with Crippen LogP contribution in [-0.2, 0) is 0 Å². The number of imidazole rings is 1. The van der Waals surface area contributed by atoms with Gasteiger partial charge in [-0.05, 0) is 42.9 Å². The lowest BCUT2D eigenvalue weighted by Gasteiger charge is -2.23. The van der Waals surface area contributed by atoms with Crippen LogP contribution in [0.4, 0.5) is 14.6 Å². The van der Waals surface area contributed by atoms with Gasteiger partial charge in [-0.25, -0.2) is 18.7 Å². The second-order valence-corrected chi connectivity index (χ2v) is 8.48. The fraction of sp³-hybridized carbons (Fsp3) is 0.364. The fourth-order valence-corrected chi connectivity index (χ4v) is 4.37. The zero-order valence-electron chi connectivity index (χ0n) is 16.3. The van der Waals surface area contributed by atoms with Crippen molar-refractivity contribution in [3.05, 3.63) is 48.2 Å². The molecule has 1 aliphatic carbocycles. The molecule has 0 aliphatic heterocycles. The maximum atomic E-state index is 14.5. The number of benzene rings is 1. The molecule has 4 rings (SSSR count). The molecule has 0 bridgehead atoms. The minimum absolute atomic E-state index is 0.301. The zero-order chi connectivity index (χ0) is 20.2. The van der Waals surface area contributed by atoms with E-state index in [1.54, 1.807) is 18.0 Å². The normalized spacial score (nSPS) is 14.9. The van der Waals surface area contributed by atoms with Crippen molar-refractivity contribution in [1.82, 2.24) is 15.0 Å². The van der Waals surface area contributed by atoms with Crippen LogP contribution in [0.3, 0.4) is 0 Å². The maximum Gasteiger partial charge on any atom is 0.166 e. The highest BCUT2D eigenvalue weighted by molar-refractivity contribution is 7.99. The zero-order valence-corrected chi connectivity index (χ0v) is 17.2. The van der Waals surface area contributed by atoms with Crippen LogP contribution < -0.4 is 5.32 Å². The number of hydrogen-bond donors (Lipinski definition) is 2. The first-order chi connectivity index (χ1) is 14.1. The number of aromatic amines is 1. The van der Waals surface area contributed by atoms with E-state index in [1.807, 2.05) is 19.1 Å². The van der Waals surface area contributed by atoms with E-state index in [9.17, 15) is 8.78 Å². The molecule has 1 aliphatic rings. The molecule has 1 saturated carbocycles. The molecule has 1 aromatic carbocycles. The van der Waals surface area contributed by atoms with Crippen LogP contribution in [0.5, 0.6) is 0 Å². The monoisotopic (exact) mass is 414 g/mol.